The first-order valence-corrected chi connectivity index (χ1v) is 55.0. The molecule has 4 aliphatic carbocycles. The number of aryl methyl sites for hydroxylation is 14. The lowest BCUT2D eigenvalue weighted by atomic mass is 9.66. The Morgan fingerprint density at radius 1 is 0.200 bits per heavy atom. The Labute approximate surface area is 896 Å². The normalized spacial score (nSPS) is 13.7. The van der Waals surface area contributed by atoms with Crippen LogP contribution in [0.3, 0.4) is 0 Å². The fourth-order valence-electron chi connectivity index (χ4n) is 24.6. The maximum Gasteiger partial charge on any atom is 0.122 e. The van der Waals surface area contributed by atoms with Gasteiger partial charge >= 0.3 is 0 Å². The van der Waals surface area contributed by atoms with Gasteiger partial charge in [0.1, 0.15) is 46.0 Å². The summed E-state index contributed by atoms with van der Waals surface area (Å²) in [5.41, 5.74) is 49.7. The lowest BCUT2D eigenvalue weighted by molar-refractivity contribution is 0.307. The quantitative estimate of drug-likeness (QED) is 0.0386. The Morgan fingerprint density at radius 2 is 0.393 bits per heavy atom. The van der Waals surface area contributed by atoms with Gasteiger partial charge in [0.05, 0.1) is 77.5 Å². The van der Waals surface area contributed by atoms with Crippen molar-refractivity contribution < 1.29 is 37.9 Å². The molecule has 0 spiro atoms. The van der Waals surface area contributed by atoms with Gasteiger partial charge in [0.25, 0.3) is 0 Å². The Bertz CT molecular complexity index is 7190. The minimum Gasteiger partial charge on any atom is -0.496 e. The van der Waals surface area contributed by atoms with Gasteiger partial charge < -0.3 is 37.9 Å². The molecule has 0 heterocycles. The molecule has 8 heteroatoms. The SMILES string of the molecule is CCC(C)c1cc(C2(c3ccc(OC)c(C(C)CC)c3)c3cc(C)ccc3-c3ccc(C)cc32)ccc1OC.CCCCOc1ccc(C2(c3ccc(OCCCC)c(C)c3)c3cc(C)ccc3-c3ccc(C)cc32)cc1C.CCCCc1cc(C2(c3ccc(OC)c(CCCC)c3)c3cc(C)ccc3-c3ccc(C)cc32)ccc1OC.COc1ccc(C2(c3ccc(OC)c(C)c3)c3cc(C)ccc3-c3ccc(C)cc32)cc1C. The zero-order valence-electron chi connectivity index (χ0n) is 94.0. The number of fused-ring (bicyclic) bond motifs is 12. The van der Waals surface area contributed by atoms with E-state index in [1.165, 1.54) is 211 Å². The van der Waals surface area contributed by atoms with Crippen molar-refractivity contribution in [1.82, 2.24) is 0 Å². The predicted molar refractivity (Wildman–Crippen MR) is 627 cm³/mol. The van der Waals surface area contributed by atoms with Gasteiger partial charge in [-0.3, -0.25) is 0 Å². The van der Waals surface area contributed by atoms with Crippen molar-refractivity contribution in [3.05, 3.63) is 469 Å². The predicted octanol–water partition coefficient (Wildman–Crippen LogP) is 36.0. The standard InChI is InChI=1S/3C37H42O2.C31H30O2/c1-9-25(5)31-21-27(13-17-35(31)38-7)37(28-14-18-36(39-8)32(22-28)26(6)10-2)33-19-23(3)11-15-29(33)30-16-12-24(4)20-34(30)37;1-7-9-19-38-35-17-13-29(23-27(35)5)37(30-14-18-36(28(6)24-30)39-20-10-8-2)33-21-25(3)11-15-31(33)32-16-12-26(4)22-34(32)37;1-7-9-11-27-23-29(15-19-35(27)38-5)37(30-16-20-36(39-6)28(24-30)12-10-8-2)33-21-25(3)13-17-31(33)32-18-14-26(4)22-34(32)37;1-19-7-11-25-26-12-8-20(2)16-28(26)31(27(25)15-19,23-9-13-29(32-5)21(3)17-23)24-10-14-30(33-6)22(4)18-24/h11-22,25-26H,9-10H2,1-8H3;11-18,21-24H,7-10,19-20H2,1-6H3;13-24H,7-12H2,1-6H3;7-18H,1-6H3. The van der Waals surface area contributed by atoms with E-state index in [1.54, 1.807) is 42.7 Å². The van der Waals surface area contributed by atoms with Gasteiger partial charge in [-0.25, -0.2) is 0 Å². The van der Waals surface area contributed by atoms with Crippen molar-refractivity contribution >= 4 is 0 Å². The van der Waals surface area contributed by atoms with E-state index in [-0.39, 0.29) is 0 Å². The van der Waals surface area contributed by atoms with Crippen LogP contribution in [-0.4, -0.2) is 55.9 Å². The second kappa shape index (κ2) is 45.8. The molecule has 772 valence electrons. The molecule has 150 heavy (non-hydrogen) atoms. The van der Waals surface area contributed by atoms with Gasteiger partial charge in [0, 0.05) is 0 Å². The maximum atomic E-state index is 6.18. The molecule has 20 rings (SSSR count). The van der Waals surface area contributed by atoms with Crippen LogP contribution in [0.5, 0.6) is 46.0 Å². The van der Waals surface area contributed by atoms with Crippen LogP contribution in [0, 0.1) is 83.1 Å². The number of unbranched alkanes of at least 4 members (excludes halogenated alkanes) is 4. The van der Waals surface area contributed by atoms with E-state index in [1.807, 2.05) is 0 Å². The van der Waals surface area contributed by atoms with E-state index in [9.17, 15) is 0 Å². The summed E-state index contributed by atoms with van der Waals surface area (Å²) in [5.74, 6) is 8.43. The molecule has 8 nitrogen and oxygen atoms in total. The van der Waals surface area contributed by atoms with Crippen molar-refractivity contribution in [1.29, 1.82) is 0 Å². The highest BCUT2D eigenvalue weighted by Gasteiger charge is 2.52. The van der Waals surface area contributed by atoms with Crippen molar-refractivity contribution in [2.24, 2.45) is 0 Å². The Kier molecular flexibility index (Phi) is 32.7. The summed E-state index contributed by atoms with van der Waals surface area (Å²) >= 11 is 0. The third kappa shape index (κ3) is 19.5. The Balaban J connectivity index is 0.000000136. The average molecular weight is 1990 g/mol. The van der Waals surface area contributed by atoms with Crippen molar-refractivity contribution in [2.45, 2.75) is 249 Å². The smallest absolute Gasteiger partial charge is 0.122 e. The second-order valence-corrected chi connectivity index (χ2v) is 42.9. The first-order valence-electron chi connectivity index (χ1n) is 55.0. The lowest BCUT2D eigenvalue weighted by Gasteiger charge is -2.36. The molecule has 2 unspecified atom stereocenters. The fourth-order valence-corrected chi connectivity index (χ4v) is 24.6. The van der Waals surface area contributed by atoms with E-state index in [0.29, 0.717) is 11.8 Å². The van der Waals surface area contributed by atoms with Gasteiger partial charge in [-0.15, -0.1) is 0 Å². The molecule has 16 aromatic rings. The van der Waals surface area contributed by atoms with Crippen molar-refractivity contribution in [3.63, 3.8) is 0 Å². The molecule has 0 N–H and O–H groups in total. The molecule has 0 radical (unpaired) electrons. The van der Waals surface area contributed by atoms with Crippen molar-refractivity contribution in [2.75, 3.05) is 55.9 Å². The number of benzene rings is 16. The fraction of sp³-hybridized carbons (Fsp3) is 0.324. The van der Waals surface area contributed by atoms with E-state index < -0.39 is 21.7 Å². The lowest BCUT2D eigenvalue weighted by Crippen LogP contribution is -2.29. The van der Waals surface area contributed by atoms with E-state index >= 15 is 0 Å². The van der Waals surface area contributed by atoms with Crippen LogP contribution < -0.4 is 37.9 Å². The first kappa shape index (κ1) is 107. The van der Waals surface area contributed by atoms with Gasteiger partial charge in [-0.05, 0) is 373 Å². The molecule has 16 aromatic carbocycles. The molecule has 0 amide bonds. The second-order valence-electron chi connectivity index (χ2n) is 42.9. The summed E-state index contributed by atoms with van der Waals surface area (Å²) in [6.07, 6.45) is 13.1. The molecule has 2 atom stereocenters. The summed E-state index contributed by atoms with van der Waals surface area (Å²) in [6, 6.07) is 110. The number of methoxy groups -OCH3 is 6. The highest BCUT2D eigenvalue weighted by Crippen LogP contribution is 2.64. The number of hydrogen-bond donors (Lipinski definition) is 0. The molecule has 0 saturated carbocycles. The monoisotopic (exact) mass is 1990 g/mol. The summed E-state index contributed by atoms with van der Waals surface area (Å²) in [5, 5.41) is 0. The Morgan fingerprint density at radius 3 is 0.593 bits per heavy atom. The molecule has 4 aliphatic rings. The maximum absolute atomic E-state index is 6.18. The summed E-state index contributed by atoms with van der Waals surface area (Å²) in [4.78, 5) is 0. The first-order chi connectivity index (χ1) is 72.5. The van der Waals surface area contributed by atoms with Gasteiger partial charge in [-0.1, -0.05) is 368 Å². The molecule has 0 fully saturated rings. The molecule has 0 aliphatic heterocycles. The third-order valence-electron chi connectivity index (χ3n) is 32.8. The number of rotatable bonds is 32. The average Bonchev–Trinajstić information content (AvgIpc) is 1.54. The zero-order chi connectivity index (χ0) is 106. The highest BCUT2D eigenvalue weighted by molar-refractivity contribution is 5.92. The highest BCUT2D eigenvalue weighted by atomic mass is 16.5. The summed E-state index contributed by atoms with van der Waals surface area (Å²) in [7, 11) is 10.6. The molecular weight excluding hydrogens is 1830 g/mol. The minimum atomic E-state index is -0.453. The van der Waals surface area contributed by atoms with Crippen LogP contribution in [0.4, 0.5) is 0 Å². The van der Waals surface area contributed by atoms with Crippen LogP contribution in [0.2, 0.25) is 0 Å². The van der Waals surface area contributed by atoms with Crippen LogP contribution in [-0.2, 0) is 34.5 Å². The van der Waals surface area contributed by atoms with Crippen LogP contribution in [0.1, 0.15) is 309 Å². The van der Waals surface area contributed by atoms with E-state index in [2.05, 4.69) is 430 Å². The topological polar surface area (TPSA) is 73.8 Å². The Hall–Kier alpha value is -14.1. The largest absolute Gasteiger partial charge is 0.496 e. The summed E-state index contributed by atoms with van der Waals surface area (Å²) < 4.78 is 47.0. The summed E-state index contributed by atoms with van der Waals surface area (Å²) in [6.45, 7) is 45.7. The van der Waals surface area contributed by atoms with Gasteiger partial charge in [0.15, 0.2) is 0 Å². The number of hydrogen-bond acceptors (Lipinski definition) is 8. The zero-order valence-corrected chi connectivity index (χ0v) is 94.0. The van der Waals surface area contributed by atoms with E-state index in [4.69, 9.17) is 37.9 Å². The molecule has 0 aromatic heterocycles. The third-order valence-corrected chi connectivity index (χ3v) is 32.8. The van der Waals surface area contributed by atoms with Gasteiger partial charge in [-0.2, -0.15) is 0 Å². The number of ether oxygens (including phenoxy) is 8. The molecule has 0 saturated heterocycles. The minimum absolute atomic E-state index is 0.388. The van der Waals surface area contributed by atoms with Crippen LogP contribution >= 0.6 is 0 Å². The molecular formula is C142H156O8. The molecule has 0 bridgehead atoms. The van der Waals surface area contributed by atoms with Crippen LogP contribution in [0.15, 0.2) is 291 Å². The van der Waals surface area contributed by atoms with Gasteiger partial charge in [0.2, 0.25) is 0 Å². The van der Waals surface area contributed by atoms with E-state index in [0.717, 1.165) is 147 Å². The van der Waals surface area contributed by atoms with Crippen molar-refractivity contribution in [3.8, 4) is 90.5 Å². The van der Waals surface area contributed by atoms with Crippen LogP contribution in [0.25, 0.3) is 44.5 Å².